The summed E-state index contributed by atoms with van der Waals surface area (Å²) in [6.07, 6.45) is 2.29. The first kappa shape index (κ1) is 15.7. The molecule has 104 valence electrons. The van der Waals surface area contributed by atoms with Gasteiger partial charge in [-0.1, -0.05) is 22.0 Å². The van der Waals surface area contributed by atoms with E-state index in [0.717, 1.165) is 18.2 Å². The highest BCUT2D eigenvalue weighted by Gasteiger charge is 2.08. The normalized spacial score (nSPS) is 10.0. The number of anilines is 1. The summed E-state index contributed by atoms with van der Waals surface area (Å²) < 4.78 is 4.91. The Morgan fingerprint density at radius 1 is 1.32 bits per heavy atom. The van der Waals surface area contributed by atoms with Gasteiger partial charge in [0.05, 0.1) is 12.2 Å². The topological polar surface area (TPSA) is 55.4 Å². The third-order valence-corrected chi connectivity index (χ3v) is 3.01. The van der Waals surface area contributed by atoms with E-state index in [1.165, 1.54) is 0 Å². The number of benzene rings is 1. The Bertz CT molecular complexity index is 434. The first-order valence-electron chi connectivity index (χ1n) is 6.30. The van der Waals surface area contributed by atoms with Crippen LogP contribution >= 0.6 is 15.9 Å². The molecule has 1 aromatic carbocycles. The number of amides is 1. The van der Waals surface area contributed by atoms with Gasteiger partial charge >= 0.3 is 5.97 Å². The van der Waals surface area contributed by atoms with E-state index in [1.807, 2.05) is 0 Å². The molecular weight excluding hydrogens is 310 g/mol. The summed E-state index contributed by atoms with van der Waals surface area (Å²) in [5.41, 5.74) is 1.06. The Labute approximate surface area is 121 Å². The molecule has 0 fully saturated rings. The minimum absolute atomic E-state index is 0.0399. The van der Waals surface area contributed by atoms with Crippen LogP contribution in [-0.4, -0.2) is 23.8 Å². The molecule has 5 heteroatoms. The zero-order valence-corrected chi connectivity index (χ0v) is 12.5. The molecule has 0 aliphatic carbocycles. The van der Waals surface area contributed by atoms with Gasteiger partial charge < -0.3 is 10.1 Å². The van der Waals surface area contributed by atoms with Crippen LogP contribution in [0.25, 0.3) is 0 Å². The number of carbonyl (C=O) groups is 2. The van der Waals surface area contributed by atoms with Crippen LogP contribution in [0.15, 0.2) is 24.3 Å². The molecule has 0 saturated carbocycles. The summed E-state index contributed by atoms with van der Waals surface area (Å²) in [5.74, 6) is -0.417. The highest BCUT2D eigenvalue weighted by Crippen LogP contribution is 2.12. The first-order chi connectivity index (χ1) is 9.17. The molecule has 0 aliphatic heterocycles. The third kappa shape index (κ3) is 5.87. The Morgan fingerprint density at radius 2 is 2.11 bits per heavy atom. The minimum Gasteiger partial charge on any atom is -0.462 e. The van der Waals surface area contributed by atoms with E-state index >= 15 is 0 Å². The maximum absolute atomic E-state index is 11.7. The summed E-state index contributed by atoms with van der Waals surface area (Å²) in [7, 11) is 0. The summed E-state index contributed by atoms with van der Waals surface area (Å²) in [4.78, 5) is 23.2. The van der Waals surface area contributed by atoms with Crippen LogP contribution in [0.4, 0.5) is 5.69 Å². The standard InChI is InChI=1S/C14H18BrNO3/c1-2-19-14(18)11-6-5-7-12(10-11)16-13(17)8-3-4-9-15/h5-7,10H,2-4,8-9H2,1H3,(H,16,17). The van der Waals surface area contributed by atoms with Crippen molar-refractivity contribution in [2.45, 2.75) is 26.2 Å². The van der Waals surface area contributed by atoms with E-state index < -0.39 is 0 Å². The molecule has 0 bridgehead atoms. The van der Waals surface area contributed by atoms with Gasteiger partial charge in [-0.25, -0.2) is 4.79 Å². The number of rotatable bonds is 7. The van der Waals surface area contributed by atoms with Gasteiger partial charge in [0.1, 0.15) is 0 Å². The smallest absolute Gasteiger partial charge is 0.338 e. The maximum atomic E-state index is 11.7. The van der Waals surface area contributed by atoms with Crippen molar-refractivity contribution in [3.05, 3.63) is 29.8 Å². The van der Waals surface area contributed by atoms with Gasteiger partial charge in [-0.15, -0.1) is 0 Å². The van der Waals surface area contributed by atoms with Crippen molar-refractivity contribution >= 4 is 33.5 Å². The fourth-order valence-electron chi connectivity index (χ4n) is 1.54. The van der Waals surface area contributed by atoms with Crippen LogP contribution in [0.3, 0.4) is 0 Å². The molecule has 0 heterocycles. The van der Waals surface area contributed by atoms with E-state index in [0.29, 0.717) is 24.3 Å². The monoisotopic (exact) mass is 327 g/mol. The van der Waals surface area contributed by atoms with Gasteiger partial charge in [0, 0.05) is 17.4 Å². The number of alkyl halides is 1. The second kappa shape index (κ2) is 8.69. The summed E-state index contributed by atoms with van der Waals surface area (Å²) in [5, 5.41) is 3.68. The number of unbranched alkanes of at least 4 members (excludes halogenated alkanes) is 1. The van der Waals surface area contributed by atoms with Crippen LogP contribution in [0.1, 0.15) is 36.5 Å². The maximum Gasteiger partial charge on any atom is 0.338 e. The average Bonchev–Trinajstić information content (AvgIpc) is 2.39. The van der Waals surface area contributed by atoms with Gasteiger partial charge in [-0.2, -0.15) is 0 Å². The highest BCUT2D eigenvalue weighted by molar-refractivity contribution is 9.09. The molecule has 19 heavy (non-hydrogen) atoms. The molecule has 0 radical (unpaired) electrons. The lowest BCUT2D eigenvalue weighted by atomic mass is 10.2. The van der Waals surface area contributed by atoms with E-state index in [2.05, 4.69) is 21.2 Å². The minimum atomic E-state index is -0.377. The fourth-order valence-corrected chi connectivity index (χ4v) is 1.94. The zero-order chi connectivity index (χ0) is 14.1. The Kier molecular flexibility index (Phi) is 7.18. The lowest BCUT2D eigenvalue weighted by Crippen LogP contribution is -2.12. The molecular formula is C14H18BrNO3. The quantitative estimate of drug-likeness (QED) is 0.474. The number of carbonyl (C=O) groups excluding carboxylic acids is 2. The zero-order valence-electron chi connectivity index (χ0n) is 10.9. The Hall–Kier alpha value is -1.36. The largest absolute Gasteiger partial charge is 0.462 e. The van der Waals surface area contributed by atoms with Crippen molar-refractivity contribution in [3.63, 3.8) is 0 Å². The van der Waals surface area contributed by atoms with Gasteiger partial charge in [0.25, 0.3) is 0 Å². The molecule has 0 spiro atoms. The third-order valence-electron chi connectivity index (χ3n) is 2.44. The van der Waals surface area contributed by atoms with Crippen LogP contribution in [0.5, 0.6) is 0 Å². The molecule has 1 amide bonds. The average molecular weight is 328 g/mol. The van der Waals surface area contributed by atoms with Crippen molar-refractivity contribution in [3.8, 4) is 0 Å². The lowest BCUT2D eigenvalue weighted by molar-refractivity contribution is -0.116. The van der Waals surface area contributed by atoms with Crippen molar-refractivity contribution in [2.75, 3.05) is 17.3 Å². The second-order valence-electron chi connectivity index (χ2n) is 4.00. The van der Waals surface area contributed by atoms with Crippen molar-refractivity contribution < 1.29 is 14.3 Å². The van der Waals surface area contributed by atoms with Crippen molar-refractivity contribution in [2.24, 2.45) is 0 Å². The number of hydrogen-bond donors (Lipinski definition) is 1. The van der Waals surface area contributed by atoms with Crippen molar-refractivity contribution in [1.29, 1.82) is 0 Å². The Balaban J connectivity index is 2.56. The first-order valence-corrected chi connectivity index (χ1v) is 7.42. The van der Waals surface area contributed by atoms with Crippen LogP contribution in [-0.2, 0) is 9.53 Å². The lowest BCUT2D eigenvalue weighted by Gasteiger charge is -2.07. The van der Waals surface area contributed by atoms with Crippen LogP contribution in [0, 0.1) is 0 Å². The summed E-state index contributed by atoms with van der Waals surface area (Å²) in [6.45, 7) is 2.09. The molecule has 0 saturated heterocycles. The van der Waals surface area contributed by atoms with E-state index in [4.69, 9.17) is 4.74 Å². The number of esters is 1. The van der Waals surface area contributed by atoms with Crippen LogP contribution < -0.4 is 5.32 Å². The summed E-state index contributed by atoms with van der Waals surface area (Å²) in [6, 6.07) is 6.77. The predicted molar refractivity (Wildman–Crippen MR) is 78.7 cm³/mol. The van der Waals surface area contributed by atoms with E-state index in [-0.39, 0.29) is 11.9 Å². The fraction of sp³-hybridized carbons (Fsp3) is 0.429. The molecule has 1 N–H and O–H groups in total. The van der Waals surface area contributed by atoms with E-state index in [1.54, 1.807) is 31.2 Å². The number of halogens is 1. The van der Waals surface area contributed by atoms with Gasteiger partial charge in [0.15, 0.2) is 0 Å². The molecule has 0 atom stereocenters. The second-order valence-corrected chi connectivity index (χ2v) is 4.79. The predicted octanol–water partition coefficient (Wildman–Crippen LogP) is 3.37. The molecule has 0 aliphatic rings. The number of nitrogens with one attached hydrogen (secondary N) is 1. The van der Waals surface area contributed by atoms with Crippen molar-refractivity contribution in [1.82, 2.24) is 0 Å². The molecule has 1 aromatic rings. The molecule has 1 rings (SSSR count). The van der Waals surface area contributed by atoms with E-state index in [9.17, 15) is 9.59 Å². The molecule has 4 nitrogen and oxygen atoms in total. The van der Waals surface area contributed by atoms with Gasteiger partial charge in [-0.3, -0.25) is 4.79 Å². The van der Waals surface area contributed by atoms with Crippen LogP contribution in [0.2, 0.25) is 0 Å². The van der Waals surface area contributed by atoms with Gasteiger partial charge in [-0.05, 0) is 38.0 Å². The Morgan fingerprint density at radius 3 is 2.79 bits per heavy atom. The van der Waals surface area contributed by atoms with Gasteiger partial charge in [0.2, 0.25) is 5.91 Å². The SMILES string of the molecule is CCOC(=O)c1cccc(NC(=O)CCCCBr)c1. The molecule has 0 unspecified atom stereocenters. The summed E-state index contributed by atoms with van der Waals surface area (Å²) >= 11 is 3.32. The number of hydrogen-bond acceptors (Lipinski definition) is 3. The highest BCUT2D eigenvalue weighted by atomic mass is 79.9. The number of ether oxygens (including phenoxy) is 1. The molecule has 0 aromatic heterocycles.